The fraction of sp³-hybridized carbons (Fsp3) is 0.364. The van der Waals surface area contributed by atoms with Crippen LogP contribution >= 0.6 is 0 Å². The Hall–Kier alpha value is -3.27. The zero-order valence-electron chi connectivity index (χ0n) is 18.0. The number of nitrogens with one attached hydrogen (secondary N) is 3. The number of hydrogen-bond acceptors (Lipinski definition) is 6. The van der Waals surface area contributed by atoms with Gasteiger partial charge < -0.3 is 20.1 Å². The minimum absolute atomic E-state index is 0.192. The summed E-state index contributed by atoms with van der Waals surface area (Å²) in [4.78, 5) is 22.6. The number of methoxy groups -OCH3 is 1. The van der Waals surface area contributed by atoms with Gasteiger partial charge in [-0.15, -0.1) is 0 Å². The zero-order valence-corrected chi connectivity index (χ0v) is 18.8. The maximum absolute atomic E-state index is 12.4. The summed E-state index contributed by atoms with van der Waals surface area (Å²) in [5, 5.41) is 5.21. The molecular weight excluding hydrogens is 434 g/mol. The molecular formula is C22H29N3O6S. The Labute approximate surface area is 188 Å². The second-order valence-electron chi connectivity index (χ2n) is 7.08. The van der Waals surface area contributed by atoms with Gasteiger partial charge >= 0.3 is 6.09 Å². The van der Waals surface area contributed by atoms with Crippen LogP contribution < -0.4 is 20.1 Å². The molecule has 0 aromatic heterocycles. The molecule has 2 rings (SSSR count). The third-order valence-corrected chi connectivity index (χ3v) is 5.94. The van der Waals surface area contributed by atoms with Crippen LogP contribution in [0.15, 0.2) is 54.6 Å². The first-order valence-electron chi connectivity index (χ1n) is 10.2. The predicted molar refractivity (Wildman–Crippen MR) is 122 cm³/mol. The van der Waals surface area contributed by atoms with Gasteiger partial charge in [0.05, 0.1) is 12.9 Å². The molecule has 2 aromatic rings. The van der Waals surface area contributed by atoms with Crippen molar-refractivity contribution in [3.05, 3.63) is 60.2 Å². The van der Waals surface area contributed by atoms with Crippen LogP contribution in [0.3, 0.4) is 0 Å². The molecule has 0 aliphatic carbocycles. The van der Waals surface area contributed by atoms with Crippen LogP contribution in [0.2, 0.25) is 0 Å². The molecule has 0 unspecified atom stereocenters. The third kappa shape index (κ3) is 9.69. The fourth-order valence-corrected chi connectivity index (χ4v) is 4.31. The van der Waals surface area contributed by atoms with E-state index in [1.165, 1.54) is 7.11 Å². The molecule has 0 fully saturated rings. The number of rotatable bonds is 14. The second-order valence-corrected chi connectivity index (χ2v) is 8.84. The SMILES string of the molecule is COc1ccc(NS(=O)(=O)C[C@H](CCCCNC(=O)OCc2ccccc2)NC=O)cc1. The average Bonchev–Trinajstić information content (AvgIpc) is 2.78. The number of carbonyl (C=O) groups is 2. The summed E-state index contributed by atoms with van der Waals surface area (Å²) in [7, 11) is -2.14. The summed E-state index contributed by atoms with van der Waals surface area (Å²) in [5.41, 5.74) is 1.31. The summed E-state index contributed by atoms with van der Waals surface area (Å²) >= 11 is 0. The Morgan fingerprint density at radius 2 is 1.78 bits per heavy atom. The molecule has 9 nitrogen and oxygen atoms in total. The molecule has 0 spiro atoms. The zero-order chi connectivity index (χ0) is 23.2. The standard InChI is InChI=1S/C22H29N3O6S/c1-30-21-12-10-19(11-13-21)25-32(28,29)16-20(24-17-26)9-5-6-14-23-22(27)31-15-18-7-3-2-4-8-18/h2-4,7-8,10-13,17,20,25H,5-6,9,14-16H2,1H3,(H,23,27)(H,24,26)/t20-/m0/s1. The van der Waals surface area contributed by atoms with Crippen molar-refractivity contribution in [2.75, 3.05) is 24.1 Å². The van der Waals surface area contributed by atoms with Crippen molar-refractivity contribution in [1.29, 1.82) is 0 Å². The number of anilines is 1. The van der Waals surface area contributed by atoms with Crippen LogP contribution in [0.1, 0.15) is 24.8 Å². The van der Waals surface area contributed by atoms with Gasteiger partial charge in [0.25, 0.3) is 0 Å². The Bertz CT molecular complexity index is 936. The van der Waals surface area contributed by atoms with Gasteiger partial charge in [-0.2, -0.15) is 0 Å². The van der Waals surface area contributed by atoms with E-state index in [2.05, 4.69) is 15.4 Å². The Balaban J connectivity index is 1.69. The lowest BCUT2D eigenvalue weighted by Crippen LogP contribution is -2.37. The lowest BCUT2D eigenvalue weighted by Gasteiger charge is -2.17. The van der Waals surface area contributed by atoms with Crippen molar-refractivity contribution in [2.24, 2.45) is 0 Å². The average molecular weight is 464 g/mol. The Morgan fingerprint density at radius 1 is 1.06 bits per heavy atom. The van der Waals surface area contributed by atoms with E-state index >= 15 is 0 Å². The number of alkyl carbamates (subject to hydrolysis) is 1. The lowest BCUT2D eigenvalue weighted by molar-refractivity contribution is -0.110. The molecule has 174 valence electrons. The van der Waals surface area contributed by atoms with Crippen molar-refractivity contribution in [3.63, 3.8) is 0 Å². The number of carbonyl (C=O) groups excluding carboxylic acids is 2. The topological polar surface area (TPSA) is 123 Å². The van der Waals surface area contributed by atoms with E-state index in [1.807, 2.05) is 30.3 Å². The molecule has 32 heavy (non-hydrogen) atoms. The van der Waals surface area contributed by atoms with Crippen molar-refractivity contribution < 1.29 is 27.5 Å². The van der Waals surface area contributed by atoms with Crippen LogP contribution in [0, 0.1) is 0 Å². The van der Waals surface area contributed by atoms with Crippen molar-refractivity contribution >= 4 is 28.2 Å². The van der Waals surface area contributed by atoms with Crippen LogP contribution in [0.4, 0.5) is 10.5 Å². The van der Waals surface area contributed by atoms with Crippen molar-refractivity contribution in [1.82, 2.24) is 10.6 Å². The highest BCUT2D eigenvalue weighted by Crippen LogP contribution is 2.17. The number of unbranched alkanes of at least 4 members (excludes halogenated alkanes) is 1. The largest absolute Gasteiger partial charge is 0.497 e. The highest BCUT2D eigenvalue weighted by molar-refractivity contribution is 7.92. The van der Waals surface area contributed by atoms with Gasteiger partial charge in [0, 0.05) is 18.3 Å². The fourth-order valence-electron chi connectivity index (χ4n) is 2.94. The van der Waals surface area contributed by atoms with E-state index < -0.39 is 22.2 Å². The van der Waals surface area contributed by atoms with E-state index in [0.717, 1.165) is 5.56 Å². The molecule has 0 saturated carbocycles. The van der Waals surface area contributed by atoms with Gasteiger partial charge in [-0.05, 0) is 49.1 Å². The molecule has 0 aliphatic heterocycles. The van der Waals surface area contributed by atoms with E-state index in [9.17, 15) is 18.0 Å². The van der Waals surface area contributed by atoms with Gasteiger partial charge in [-0.1, -0.05) is 30.3 Å². The van der Waals surface area contributed by atoms with Crippen LogP contribution in [0.5, 0.6) is 5.75 Å². The number of benzene rings is 2. The number of amides is 2. The van der Waals surface area contributed by atoms with Crippen LogP contribution in [-0.2, 0) is 26.2 Å². The molecule has 0 saturated heterocycles. The second kappa shape index (κ2) is 13.2. The highest BCUT2D eigenvalue weighted by atomic mass is 32.2. The molecule has 0 aliphatic rings. The molecule has 3 N–H and O–H groups in total. The molecule has 10 heteroatoms. The van der Waals surface area contributed by atoms with Crippen LogP contribution in [-0.4, -0.2) is 46.4 Å². The molecule has 0 heterocycles. The van der Waals surface area contributed by atoms with E-state index in [0.29, 0.717) is 43.7 Å². The van der Waals surface area contributed by atoms with Crippen LogP contribution in [0.25, 0.3) is 0 Å². The third-order valence-electron chi connectivity index (χ3n) is 4.55. The number of sulfonamides is 1. The molecule has 0 bridgehead atoms. The minimum Gasteiger partial charge on any atom is -0.497 e. The molecule has 2 amide bonds. The monoisotopic (exact) mass is 463 g/mol. The summed E-state index contributed by atoms with van der Waals surface area (Å²) in [6, 6.07) is 15.3. The predicted octanol–water partition coefficient (Wildman–Crippen LogP) is 2.65. The first-order valence-corrected chi connectivity index (χ1v) is 11.9. The van der Waals surface area contributed by atoms with E-state index in [4.69, 9.17) is 9.47 Å². The van der Waals surface area contributed by atoms with E-state index in [-0.39, 0.29) is 12.4 Å². The number of hydrogen-bond donors (Lipinski definition) is 3. The lowest BCUT2D eigenvalue weighted by atomic mass is 10.1. The van der Waals surface area contributed by atoms with Gasteiger partial charge in [0.2, 0.25) is 16.4 Å². The smallest absolute Gasteiger partial charge is 0.407 e. The Kier molecular flexibility index (Phi) is 10.3. The maximum atomic E-state index is 12.4. The number of ether oxygens (including phenoxy) is 2. The summed E-state index contributed by atoms with van der Waals surface area (Å²) < 4.78 is 37.5. The minimum atomic E-state index is -3.67. The van der Waals surface area contributed by atoms with E-state index in [1.54, 1.807) is 24.3 Å². The van der Waals surface area contributed by atoms with Crippen molar-refractivity contribution in [3.8, 4) is 5.75 Å². The summed E-state index contributed by atoms with van der Waals surface area (Å²) in [6.07, 6.45) is 1.66. The van der Waals surface area contributed by atoms with Crippen molar-refractivity contribution in [2.45, 2.75) is 31.9 Å². The quantitative estimate of drug-likeness (QED) is 0.292. The maximum Gasteiger partial charge on any atom is 0.407 e. The summed E-state index contributed by atoms with van der Waals surface area (Å²) in [6.45, 7) is 0.579. The van der Waals surface area contributed by atoms with Gasteiger partial charge in [-0.25, -0.2) is 13.2 Å². The molecule has 2 aromatic carbocycles. The first kappa shape index (κ1) is 25.0. The first-order chi connectivity index (χ1) is 15.4. The Morgan fingerprint density at radius 3 is 2.44 bits per heavy atom. The normalized spacial score (nSPS) is 11.8. The highest BCUT2D eigenvalue weighted by Gasteiger charge is 2.19. The van der Waals surface area contributed by atoms with Gasteiger partial charge in [0.15, 0.2) is 0 Å². The molecule has 1 atom stereocenters. The van der Waals surface area contributed by atoms with Gasteiger partial charge in [0.1, 0.15) is 12.4 Å². The summed E-state index contributed by atoms with van der Waals surface area (Å²) in [5.74, 6) is 0.357. The molecule has 0 radical (unpaired) electrons. The van der Waals surface area contributed by atoms with Gasteiger partial charge in [-0.3, -0.25) is 9.52 Å².